The summed E-state index contributed by atoms with van der Waals surface area (Å²) in [4.78, 5) is 133. The number of carboxylic acid groups (broad SMARTS) is 2. The van der Waals surface area contributed by atoms with Gasteiger partial charge in [-0.2, -0.15) is 0 Å². The molecule has 4 rings (SSSR count). The quantitative estimate of drug-likeness (QED) is 0.0518. The number of aliphatic carboxylic acids is 2. The lowest BCUT2D eigenvalue weighted by Gasteiger charge is -2.30. The number of primary amides is 1. The minimum absolute atomic E-state index is 0.0720. The molecule has 0 aliphatic carbocycles. The normalized spacial score (nSPS) is 15.2. The molecule has 1 fully saturated rings. The van der Waals surface area contributed by atoms with E-state index in [1.165, 1.54) is 36.1 Å². The first-order valence-corrected chi connectivity index (χ1v) is 26.2. The highest BCUT2D eigenvalue weighted by Crippen LogP contribution is 2.25. The molecule has 6 atom stereocenters. The summed E-state index contributed by atoms with van der Waals surface area (Å²) in [5.74, 6) is -10.8. The van der Waals surface area contributed by atoms with Gasteiger partial charge in [0.15, 0.2) is 0 Å². The summed E-state index contributed by atoms with van der Waals surface area (Å²) in [5.41, 5.74) is 7.32. The standard InChI is InChI=1S/C52H68N8O15S/c1-31(2)27-40(49(69)57-39(23-25-45(64)65)48(68)56-38(22-24-44(62)63)47(67)54-33(5)46(53)66)55-43(61)29-60(76(73,74)37-20-18-36(19-21-37)35-15-10-7-11-16-35)51(71)41(28-32(3)4)58-50(70)42-17-12-26-59(42)52(72)75-30-34-13-8-6-9-14-34/h6-11,13-16,18-21,31-33,38-42H,12,17,22-30H2,1-5H3,(H2,53,66)(H,54,67)(H,55,61)(H,56,68)(H,57,69)(H,58,70)(H,62,63)(H,64,65)/t33-,38-,39-,40-,41-,42-/m0/s1. The maximum Gasteiger partial charge on any atom is 0.410 e. The number of nitrogens with two attached hydrogens (primary N) is 1. The second kappa shape index (κ2) is 28.7. The van der Waals surface area contributed by atoms with E-state index < -0.39 is 143 Å². The van der Waals surface area contributed by atoms with Crippen molar-refractivity contribution in [2.75, 3.05) is 13.1 Å². The van der Waals surface area contributed by atoms with Crippen molar-refractivity contribution in [2.45, 2.75) is 134 Å². The molecule has 1 saturated heterocycles. The van der Waals surface area contributed by atoms with Crippen LogP contribution < -0.4 is 32.3 Å². The number of ether oxygens (including phenoxy) is 1. The fourth-order valence-corrected chi connectivity index (χ4v) is 9.52. The van der Waals surface area contributed by atoms with Crippen LogP contribution in [0.3, 0.4) is 0 Å². The summed E-state index contributed by atoms with van der Waals surface area (Å²) in [5, 5.41) is 30.8. The summed E-state index contributed by atoms with van der Waals surface area (Å²) in [6.07, 6.45) is -2.85. The van der Waals surface area contributed by atoms with E-state index in [1.54, 1.807) is 88.4 Å². The van der Waals surface area contributed by atoms with Crippen LogP contribution in [0.25, 0.3) is 11.1 Å². The van der Waals surface area contributed by atoms with Crippen LogP contribution in [0, 0.1) is 11.8 Å². The Morgan fingerprint density at radius 2 is 1.16 bits per heavy atom. The van der Waals surface area contributed by atoms with Crippen LogP contribution in [-0.2, 0) is 64.5 Å². The predicted molar refractivity (Wildman–Crippen MR) is 274 cm³/mol. The molecule has 1 aliphatic rings. The summed E-state index contributed by atoms with van der Waals surface area (Å²) in [6, 6.07) is 14.5. The number of carbonyl (C=O) groups excluding carboxylic acids is 8. The van der Waals surface area contributed by atoms with Gasteiger partial charge < -0.3 is 47.3 Å². The maximum atomic E-state index is 14.9. The van der Waals surface area contributed by atoms with Crippen molar-refractivity contribution in [3.8, 4) is 11.1 Å². The maximum absolute atomic E-state index is 14.9. The van der Waals surface area contributed by atoms with Crippen molar-refractivity contribution in [1.29, 1.82) is 0 Å². The average Bonchev–Trinajstić information content (AvgIpc) is 3.87. The molecule has 24 heteroatoms. The monoisotopic (exact) mass is 1080 g/mol. The van der Waals surface area contributed by atoms with Gasteiger partial charge in [0.1, 0.15) is 49.4 Å². The Hall–Kier alpha value is -7.89. The SMILES string of the molecule is CC(C)C[C@H](NC(=O)CN(C(=O)[C@H](CC(C)C)NC(=O)[C@@H]1CCCN1C(=O)OCc1ccccc1)S(=O)(=O)c1ccc(-c2ccccc2)cc1)C(=O)N[C@@H](CCC(=O)O)C(=O)N[C@@H](CCC(=O)O)C(=O)N[C@@H](C)C(N)=O. The minimum atomic E-state index is -4.97. The predicted octanol–water partition coefficient (Wildman–Crippen LogP) is 2.42. The van der Waals surface area contributed by atoms with E-state index >= 15 is 0 Å². The number of carbonyl (C=O) groups is 10. The third kappa shape index (κ3) is 18.5. The highest BCUT2D eigenvalue weighted by molar-refractivity contribution is 7.89. The Bertz CT molecular complexity index is 2650. The molecule has 0 radical (unpaired) electrons. The molecular weight excluding hydrogens is 1010 g/mol. The number of amides is 8. The van der Waals surface area contributed by atoms with Gasteiger partial charge in [-0.1, -0.05) is 100 Å². The molecule has 23 nitrogen and oxygen atoms in total. The van der Waals surface area contributed by atoms with Crippen LogP contribution in [0.4, 0.5) is 4.79 Å². The first-order valence-electron chi connectivity index (χ1n) is 24.8. The number of benzene rings is 3. The molecule has 1 heterocycles. The van der Waals surface area contributed by atoms with Gasteiger partial charge in [0.05, 0.1) is 4.90 Å². The molecule has 412 valence electrons. The Balaban J connectivity index is 1.66. The van der Waals surface area contributed by atoms with E-state index in [0.717, 1.165) is 5.56 Å². The van der Waals surface area contributed by atoms with Crippen molar-refractivity contribution in [3.63, 3.8) is 0 Å². The van der Waals surface area contributed by atoms with Crippen molar-refractivity contribution < 1.29 is 71.3 Å². The molecule has 0 aromatic heterocycles. The third-order valence-electron chi connectivity index (χ3n) is 12.1. The van der Waals surface area contributed by atoms with E-state index in [0.29, 0.717) is 21.9 Å². The van der Waals surface area contributed by atoms with Gasteiger partial charge in [0.25, 0.3) is 15.9 Å². The fraction of sp³-hybridized carbons (Fsp3) is 0.462. The zero-order valence-corrected chi connectivity index (χ0v) is 43.9. The Labute approximate surface area is 441 Å². The Kier molecular flexibility index (Phi) is 22.9. The van der Waals surface area contributed by atoms with Crippen molar-refractivity contribution in [2.24, 2.45) is 17.6 Å². The number of sulfonamides is 1. The largest absolute Gasteiger partial charge is 0.481 e. The lowest BCUT2D eigenvalue weighted by Crippen LogP contribution is -2.59. The number of nitrogens with one attached hydrogen (secondary N) is 5. The van der Waals surface area contributed by atoms with Crippen molar-refractivity contribution in [1.82, 2.24) is 35.8 Å². The van der Waals surface area contributed by atoms with Crippen LogP contribution in [0.5, 0.6) is 0 Å². The first kappa shape index (κ1) is 60.7. The zero-order valence-electron chi connectivity index (χ0n) is 43.1. The van der Waals surface area contributed by atoms with E-state index in [4.69, 9.17) is 10.5 Å². The topological polar surface area (TPSA) is 347 Å². The van der Waals surface area contributed by atoms with E-state index in [-0.39, 0.29) is 44.2 Å². The van der Waals surface area contributed by atoms with E-state index in [9.17, 15) is 66.6 Å². The zero-order chi connectivity index (χ0) is 56.3. The van der Waals surface area contributed by atoms with Crippen molar-refractivity contribution >= 4 is 69.4 Å². The van der Waals surface area contributed by atoms with Gasteiger partial charge >= 0.3 is 18.0 Å². The highest BCUT2D eigenvalue weighted by Gasteiger charge is 2.41. The van der Waals surface area contributed by atoms with E-state index in [2.05, 4.69) is 26.6 Å². The molecule has 1 aliphatic heterocycles. The third-order valence-corrected chi connectivity index (χ3v) is 13.9. The molecule has 0 bridgehead atoms. The summed E-state index contributed by atoms with van der Waals surface area (Å²) in [6.45, 7) is 6.88. The van der Waals surface area contributed by atoms with Crippen LogP contribution in [0.2, 0.25) is 0 Å². The lowest BCUT2D eigenvalue weighted by atomic mass is 10.0. The van der Waals surface area contributed by atoms with E-state index in [1.807, 2.05) is 0 Å². The fourth-order valence-electron chi connectivity index (χ4n) is 8.13. The summed E-state index contributed by atoms with van der Waals surface area (Å²) < 4.78 is 35.3. The Morgan fingerprint density at radius 3 is 1.68 bits per heavy atom. The molecular formula is C52H68N8O15S. The molecule has 76 heavy (non-hydrogen) atoms. The van der Waals surface area contributed by atoms with Gasteiger partial charge in [-0.15, -0.1) is 0 Å². The van der Waals surface area contributed by atoms with Gasteiger partial charge in [-0.05, 0) is 86.1 Å². The first-order chi connectivity index (χ1) is 35.9. The van der Waals surface area contributed by atoms with Crippen LogP contribution in [-0.4, -0.2) is 137 Å². The molecule has 9 N–H and O–H groups in total. The van der Waals surface area contributed by atoms with Gasteiger partial charge in [-0.3, -0.25) is 48.1 Å². The number of carboxylic acids is 2. The number of hydrogen-bond acceptors (Lipinski definition) is 13. The molecule has 8 amide bonds. The molecule has 0 unspecified atom stereocenters. The smallest absolute Gasteiger partial charge is 0.410 e. The van der Waals surface area contributed by atoms with Crippen molar-refractivity contribution in [3.05, 3.63) is 90.5 Å². The second-order valence-corrected chi connectivity index (χ2v) is 21.1. The Morgan fingerprint density at radius 1 is 0.658 bits per heavy atom. The molecule has 3 aromatic carbocycles. The number of nitrogens with zero attached hydrogens (tertiary/aromatic N) is 2. The molecule has 0 spiro atoms. The number of likely N-dealkylation sites (tertiary alicyclic amines) is 1. The number of hydrogen-bond donors (Lipinski definition) is 8. The highest BCUT2D eigenvalue weighted by atomic mass is 32.2. The minimum Gasteiger partial charge on any atom is -0.481 e. The summed E-state index contributed by atoms with van der Waals surface area (Å²) in [7, 11) is -4.97. The number of rotatable bonds is 28. The van der Waals surface area contributed by atoms with Gasteiger partial charge in [0, 0.05) is 19.4 Å². The summed E-state index contributed by atoms with van der Waals surface area (Å²) >= 11 is 0. The second-order valence-electron chi connectivity index (χ2n) is 19.2. The van der Waals surface area contributed by atoms with Crippen LogP contribution in [0.1, 0.15) is 91.5 Å². The van der Waals surface area contributed by atoms with Gasteiger partial charge in [-0.25, -0.2) is 17.5 Å². The average molecular weight is 1080 g/mol. The molecule has 3 aromatic rings. The van der Waals surface area contributed by atoms with Crippen LogP contribution >= 0.6 is 0 Å². The van der Waals surface area contributed by atoms with Crippen LogP contribution in [0.15, 0.2) is 89.8 Å². The molecule has 0 saturated carbocycles. The van der Waals surface area contributed by atoms with Gasteiger partial charge in [0.2, 0.25) is 35.4 Å². The lowest BCUT2D eigenvalue weighted by molar-refractivity contribution is -0.140.